The molecule has 1 aromatic heterocycles. The summed E-state index contributed by atoms with van der Waals surface area (Å²) in [6.07, 6.45) is 1.13. The van der Waals surface area contributed by atoms with Crippen LogP contribution in [0.4, 0.5) is 5.69 Å². The molecule has 3 aromatic rings. The Bertz CT molecular complexity index is 712. The number of rotatable bonds is 4. The van der Waals surface area contributed by atoms with Crippen molar-refractivity contribution >= 4 is 27.5 Å². The second-order valence-corrected chi connectivity index (χ2v) is 4.75. The van der Waals surface area contributed by atoms with Gasteiger partial charge in [0.25, 0.3) is 0 Å². The van der Waals surface area contributed by atoms with Crippen LogP contribution >= 0.6 is 0 Å². The van der Waals surface area contributed by atoms with E-state index < -0.39 is 0 Å². The van der Waals surface area contributed by atoms with E-state index in [-0.39, 0.29) is 0 Å². The molecular formula is C16H19N3. The summed E-state index contributed by atoms with van der Waals surface area (Å²) < 4.78 is 2.41. The first kappa shape index (κ1) is 12.1. The Kier molecular flexibility index (Phi) is 3.13. The Labute approximate surface area is 113 Å². The second kappa shape index (κ2) is 4.94. The molecule has 0 aliphatic rings. The number of para-hydroxylation sites is 2. The van der Waals surface area contributed by atoms with Gasteiger partial charge < -0.3 is 9.99 Å². The average molecular weight is 253 g/mol. The van der Waals surface area contributed by atoms with E-state index in [9.17, 15) is 0 Å². The zero-order chi connectivity index (χ0) is 13.2. The van der Waals surface area contributed by atoms with E-state index in [1.807, 2.05) is 7.05 Å². The molecule has 3 nitrogen and oxygen atoms in total. The number of hydrogen-bond donors (Lipinski definition) is 2. The number of aryl methyl sites for hydroxylation is 1. The van der Waals surface area contributed by atoms with Gasteiger partial charge in [0.15, 0.2) is 0 Å². The van der Waals surface area contributed by atoms with Crippen LogP contribution in [-0.4, -0.2) is 11.6 Å². The fraction of sp³-hybridized carbons (Fsp3) is 0.250. The second-order valence-electron chi connectivity index (χ2n) is 4.75. The van der Waals surface area contributed by atoms with Gasteiger partial charge in [-0.2, -0.15) is 0 Å². The lowest BCUT2D eigenvalue weighted by atomic mass is 10.1. The van der Waals surface area contributed by atoms with Crippen molar-refractivity contribution < 1.29 is 0 Å². The summed E-state index contributed by atoms with van der Waals surface area (Å²) in [6, 6.07) is 15.0. The molecule has 0 unspecified atom stereocenters. The normalized spacial score (nSPS) is 11.3. The third-order valence-corrected chi connectivity index (χ3v) is 3.50. The molecule has 0 bridgehead atoms. The molecule has 0 radical (unpaired) electrons. The van der Waals surface area contributed by atoms with Gasteiger partial charge in [0.05, 0.1) is 11.2 Å². The molecule has 0 aliphatic heterocycles. The van der Waals surface area contributed by atoms with Crippen LogP contribution in [-0.2, 0) is 6.54 Å². The molecule has 0 fully saturated rings. The van der Waals surface area contributed by atoms with E-state index in [1.54, 1.807) is 0 Å². The molecule has 0 saturated carbocycles. The Balaban J connectivity index is 2.42. The predicted molar refractivity (Wildman–Crippen MR) is 82.4 cm³/mol. The van der Waals surface area contributed by atoms with Crippen molar-refractivity contribution in [1.29, 1.82) is 0 Å². The summed E-state index contributed by atoms with van der Waals surface area (Å²) >= 11 is 0. The number of nitrogens with one attached hydrogen (secondary N) is 2. The summed E-state index contributed by atoms with van der Waals surface area (Å²) in [6.45, 7) is 3.25. The smallest absolute Gasteiger partial charge is 0.0740 e. The number of fused-ring (bicyclic) bond motifs is 3. The molecule has 19 heavy (non-hydrogen) atoms. The maximum absolute atomic E-state index is 3.24. The van der Waals surface area contributed by atoms with Gasteiger partial charge >= 0.3 is 0 Å². The molecule has 0 saturated heterocycles. The lowest BCUT2D eigenvalue weighted by molar-refractivity contribution is 0.724. The highest BCUT2D eigenvalue weighted by Gasteiger charge is 2.12. The first-order valence-corrected chi connectivity index (χ1v) is 6.79. The number of hydrogen-bond acceptors (Lipinski definition) is 2. The minimum atomic E-state index is 1.03. The van der Waals surface area contributed by atoms with Crippen LogP contribution in [0.1, 0.15) is 13.3 Å². The van der Waals surface area contributed by atoms with E-state index in [1.165, 1.54) is 21.8 Å². The molecular weight excluding hydrogens is 234 g/mol. The number of benzene rings is 2. The van der Waals surface area contributed by atoms with Crippen LogP contribution in [0.15, 0.2) is 42.5 Å². The van der Waals surface area contributed by atoms with Gasteiger partial charge in [-0.1, -0.05) is 37.3 Å². The van der Waals surface area contributed by atoms with Crippen molar-refractivity contribution in [2.45, 2.75) is 19.9 Å². The summed E-state index contributed by atoms with van der Waals surface area (Å²) in [5.41, 5.74) is 9.98. The zero-order valence-electron chi connectivity index (χ0n) is 11.4. The highest BCUT2D eigenvalue weighted by Crippen LogP contribution is 2.33. The van der Waals surface area contributed by atoms with Gasteiger partial charge in [0.1, 0.15) is 0 Å². The monoisotopic (exact) mass is 253 g/mol. The van der Waals surface area contributed by atoms with Gasteiger partial charge in [-0.25, -0.2) is 5.43 Å². The van der Waals surface area contributed by atoms with E-state index in [4.69, 9.17) is 0 Å². The molecule has 98 valence electrons. The van der Waals surface area contributed by atoms with Gasteiger partial charge in [-0.3, -0.25) is 0 Å². The van der Waals surface area contributed by atoms with Crippen LogP contribution in [0.3, 0.4) is 0 Å². The molecule has 0 spiro atoms. The van der Waals surface area contributed by atoms with E-state index >= 15 is 0 Å². The molecule has 2 aromatic carbocycles. The Morgan fingerprint density at radius 2 is 1.79 bits per heavy atom. The zero-order valence-corrected chi connectivity index (χ0v) is 11.4. The standard InChI is InChI=1S/C16H19N3/c1-3-11-19-15-10-5-4-7-12(15)13-8-6-9-14(16(13)19)18-17-2/h4-10,17-18H,3,11H2,1-2H3. The fourth-order valence-corrected chi connectivity index (χ4v) is 2.80. The van der Waals surface area contributed by atoms with Crippen molar-refractivity contribution in [3.05, 3.63) is 42.5 Å². The Hall–Kier alpha value is -2.00. The van der Waals surface area contributed by atoms with Crippen LogP contribution in [0, 0.1) is 0 Å². The van der Waals surface area contributed by atoms with Crippen molar-refractivity contribution in [3.63, 3.8) is 0 Å². The lowest BCUT2D eigenvalue weighted by Gasteiger charge is -2.10. The first-order chi connectivity index (χ1) is 9.36. The highest BCUT2D eigenvalue weighted by molar-refractivity contribution is 6.11. The van der Waals surface area contributed by atoms with E-state index in [2.05, 4.69) is 64.8 Å². The van der Waals surface area contributed by atoms with Gasteiger partial charge in [-0.15, -0.1) is 0 Å². The topological polar surface area (TPSA) is 29.0 Å². The Morgan fingerprint density at radius 3 is 2.58 bits per heavy atom. The lowest BCUT2D eigenvalue weighted by Crippen LogP contribution is -2.15. The van der Waals surface area contributed by atoms with Crippen LogP contribution in [0.25, 0.3) is 21.8 Å². The van der Waals surface area contributed by atoms with Gasteiger partial charge in [0, 0.05) is 29.9 Å². The quantitative estimate of drug-likeness (QED) is 0.693. The minimum absolute atomic E-state index is 1.03. The van der Waals surface area contributed by atoms with Crippen LogP contribution in [0.2, 0.25) is 0 Å². The van der Waals surface area contributed by atoms with Crippen molar-refractivity contribution in [3.8, 4) is 0 Å². The van der Waals surface area contributed by atoms with Crippen LogP contribution in [0.5, 0.6) is 0 Å². The summed E-state index contributed by atoms with van der Waals surface area (Å²) in [4.78, 5) is 0. The molecule has 0 atom stereocenters. The largest absolute Gasteiger partial charge is 0.339 e. The molecule has 2 N–H and O–H groups in total. The van der Waals surface area contributed by atoms with E-state index in [0.29, 0.717) is 0 Å². The Morgan fingerprint density at radius 1 is 1.00 bits per heavy atom. The van der Waals surface area contributed by atoms with E-state index in [0.717, 1.165) is 18.7 Å². The third-order valence-electron chi connectivity index (χ3n) is 3.50. The fourth-order valence-electron chi connectivity index (χ4n) is 2.80. The molecule has 1 heterocycles. The number of aromatic nitrogens is 1. The predicted octanol–water partition coefficient (Wildman–Crippen LogP) is 3.75. The first-order valence-electron chi connectivity index (χ1n) is 6.79. The molecule has 3 rings (SSSR count). The van der Waals surface area contributed by atoms with Gasteiger partial charge in [-0.05, 0) is 18.6 Å². The average Bonchev–Trinajstić information content (AvgIpc) is 2.76. The molecule has 0 amide bonds. The summed E-state index contributed by atoms with van der Waals surface area (Å²) in [5.74, 6) is 0. The van der Waals surface area contributed by atoms with Crippen molar-refractivity contribution in [2.24, 2.45) is 0 Å². The molecule has 0 aliphatic carbocycles. The van der Waals surface area contributed by atoms with Crippen molar-refractivity contribution in [2.75, 3.05) is 12.5 Å². The van der Waals surface area contributed by atoms with Crippen molar-refractivity contribution in [1.82, 2.24) is 9.99 Å². The van der Waals surface area contributed by atoms with Crippen LogP contribution < -0.4 is 10.9 Å². The highest BCUT2D eigenvalue weighted by atomic mass is 15.3. The SMILES string of the molecule is CCCn1c2ccccc2c2cccc(NNC)c21. The number of nitrogens with zero attached hydrogens (tertiary/aromatic N) is 1. The third kappa shape index (κ3) is 1.87. The summed E-state index contributed by atoms with van der Waals surface area (Å²) in [7, 11) is 1.89. The summed E-state index contributed by atoms with van der Waals surface area (Å²) in [5, 5.41) is 2.63. The molecule has 3 heteroatoms. The maximum Gasteiger partial charge on any atom is 0.0740 e. The number of hydrazine groups is 1. The maximum atomic E-state index is 3.24. The van der Waals surface area contributed by atoms with Gasteiger partial charge in [0.2, 0.25) is 0 Å². The number of anilines is 1. The minimum Gasteiger partial charge on any atom is -0.339 e.